The maximum atomic E-state index is 14.0. The summed E-state index contributed by atoms with van der Waals surface area (Å²) in [5.74, 6) is -9.38. The number of phenolic OH excluding ortho intramolecular Hbond substituents is 1. The Hall–Kier alpha value is -6.48. The third-order valence-corrected chi connectivity index (χ3v) is 11.9. The monoisotopic (exact) mass is 1020 g/mol. The van der Waals surface area contributed by atoms with Gasteiger partial charge in [0.2, 0.25) is 53.2 Å². The molecule has 404 valence electrons. The molecule has 0 radical (unpaired) electrons. The van der Waals surface area contributed by atoms with Crippen molar-refractivity contribution in [2.24, 2.45) is 17.4 Å². The lowest BCUT2D eigenvalue weighted by Crippen LogP contribution is -2.61. The Kier molecular flexibility index (Phi) is 27.8. The number of carboxylic acid groups (broad SMARTS) is 1. The van der Waals surface area contributed by atoms with Crippen LogP contribution in [0.3, 0.4) is 0 Å². The van der Waals surface area contributed by atoms with Crippen LogP contribution in [0.25, 0.3) is 0 Å². The van der Waals surface area contributed by atoms with E-state index < -0.39 is 133 Å². The van der Waals surface area contributed by atoms with Gasteiger partial charge < -0.3 is 85.1 Å². The number of hydrogen-bond acceptors (Lipinski definition) is 16. The normalized spacial score (nSPS) is 16.9. The number of aliphatic hydroxyl groups excluding tert-OH is 2. The number of phenols is 1. The van der Waals surface area contributed by atoms with Gasteiger partial charge >= 0.3 is 5.97 Å². The van der Waals surface area contributed by atoms with Crippen LogP contribution in [-0.4, -0.2) is 173 Å². The highest BCUT2D eigenvalue weighted by Crippen LogP contribution is 2.14. The number of amides is 9. The first-order chi connectivity index (χ1) is 34.2. The molecule has 1 fully saturated rings. The summed E-state index contributed by atoms with van der Waals surface area (Å²) in [6, 6.07) is -5.80. The van der Waals surface area contributed by atoms with Crippen LogP contribution in [0.2, 0.25) is 0 Å². The number of unbranched alkanes of at least 4 members (excludes halogenated alkanes) is 2. The van der Waals surface area contributed by atoms with Crippen LogP contribution in [0.1, 0.15) is 91.0 Å². The topological polar surface area (TPSA) is 424 Å². The molecule has 72 heavy (non-hydrogen) atoms. The molecular formula is C46H76N12O14. The van der Waals surface area contributed by atoms with Crippen LogP contribution < -0.4 is 64.6 Å². The molecule has 1 aliphatic heterocycles. The zero-order chi connectivity index (χ0) is 53.9. The van der Waals surface area contributed by atoms with Crippen molar-refractivity contribution in [1.29, 1.82) is 0 Å². The Morgan fingerprint density at radius 2 is 1.12 bits per heavy atom. The molecule has 1 aromatic rings. The van der Waals surface area contributed by atoms with Crippen molar-refractivity contribution in [3.63, 3.8) is 0 Å². The highest BCUT2D eigenvalue weighted by Gasteiger charge is 2.35. The number of carboxylic acids is 1. The third-order valence-electron chi connectivity index (χ3n) is 11.9. The molecule has 10 atom stereocenters. The van der Waals surface area contributed by atoms with Crippen molar-refractivity contribution in [2.75, 3.05) is 39.4 Å². The molecule has 0 aliphatic carbocycles. The van der Waals surface area contributed by atoms with E-state index in [0.29, 0.717) is 50.6 Å². The van der Waals surface area contributed by atoms with Gasteiger partial charge in [-0.3, -0.25) is 43.2 Å². The van der Waals surface area contributed by atoms with Crippen molar-refractivity contribution in [3.05, 3.63) is 29.8 Å². The Bertz CT molecular complexity index is 1970. The van der Waals surface area contributed by atoms with Crippen molar-refractivity contribution >= 4 is 59.1 Å². The molecule has 26 heteroatoms. The lowest BCUT2D eigenvalue weighted by molar-refractivity contribution is -0.143. The fourth-order valence-electron chi connectivity index (χ4n) is 7.28. The smallest absolute Gasteiger partial charge is 0.328 e. The van der Waals surface area contributed by atoms with Gasteiger partial charge in [-0.25, -0.2) is 4.79 Å². The van der Waals surface area contributed by atoms with E-state index in [-0.39, 0.29) is 44.0 Å². The number of carbonyl (C=O) groups is 10. The van der Waals surface area contributed by atoms with Crippen LogP contribution >= 0.6 is 0 Å². The van der Waals surface area contributed by atoms with E-state index in [1.54, 1.807) is 13.8 Å². The first-order valence-electron chi connectivity index (χ1n) is 24.2. The Labute approximate surface area is 418 Å². The Morgan fingerprint density at radius 3 is 1.64 bits per heavy atom. The van der Waals surface area contributed by atoms with Gasteiger partial charge in [0.1, 0.15) is 54.1 Å². The molecular weight excluding hydrogens is 945 g/mol. The number of carbonyl (C=O) groups excluding carboxylic acids is 9. The second kappa shape index (κ2) is 32.5. The largest absolute Gasteiger partial charge is 0.508 e. The van der Waals surface area contributed by atoms with Gasteiger partial charge in [0.15, 0.2) is 0 Å². The zero-order valence-electron chi connectivity index (χ0n) is 41.4. The van der Waals surface area contributed by atoms with Gasteiger partial charge in [-0.05, 0) is 108 Å². The average Bonchev–Trinajstić information content (AvgIpc) is 3.90. The fourth-order valence-corrected chi connectivity index (χ4v) is 7.28. The third kappa shape index (κ3) is 21.5. The minimum atomic E-state index is -1.71. The summed E-state index contributed by atoms with van der Waals surface area (Å²) in [5.41, 5.74) is 11.7. The van der Waals surface area contributed by atoms with E-state index in [0.717, 1.165) is 6.42 Å². The molecule has 1 aliphatic rings. The second-order valence-electron chi connectivity index (χ2n) is 17.7. The van der Waals surface area contributed by atoms with E-state index in [2.05, 4.69) is 53.2 Å². The van der Waals surface area contributed by atoms with Crippen molar-refractivity contribution in [1.82, 2.24) is 53.2 Å². The summed E-state index contributed by atoms with van der Waals surface area (Å²) in [5, 5.41) is 64.3. The summed E-state index contributed by atoms with van der Waals surface area (Å²) >= 11 is 0. The molecule has 26 nitrogen and oxygen atoms in total. The van der Waals surface area contributed by atoms with Crippen molar-refractivity contribution in [3.8, 4) is 5.75 Å². The van der Waals surface area contributed by atoms with Gasteiger partial charge in [0, 0.05) is 6.42 Å². The predicted molar refractivity (Wildman–Crippen MR) is 260 cm³/mol. The molecule has 0 aromatic heterocycles. The Morgan fingerprint density at radius 1 is 0.625 bits per heavy atom. The van der Waals surface area contributed by atoms with E-state index in [1.807, 2.05) is 0 Å². The van der Waals surface area contributed by atoms with Gasteiger partial charge in [-0.1, -0.05) is 32.4 Å². The highest BCUT2D eigenvalue weighted by atomic mass is 16.4. The Balaban J connectivity index is 2.24. The van der Waals surface area contributed by atoms with Gasteiger partial charge in [-0.15, -0.1) is 0 Å². The number of rotatable bonds is 33. The molecule has 1 heterocycles. The van der Waals surface area contributed by atoms with E-state index in [9.17, 15) is 68.4 Å². The first kappa shape index (κ1) is 61.6. The van der Waals surface area contributed by atoms with E-state index in [4.69, 9.17) is 11.5 Å². The van der Waals surface area contributed by atoms with Crippen LogP contribution in [0.4, 0.5) is 0 Å². The lowest BCUT2D eigenvalue weighted by atomic mass is 9.97. The van der Waals surface area contributed by atoms with Gasteiger partial charge in [-0.2, -0.15) is 0 Å². The second-order valence-corrected chi connectivity index (χ2v) is 17.7. The van der Waals surface area contributed by atoms with Gasteiger partial charge in [0.25, 0.3) is 0 Å². The van der Waals surface area contributed by atoms with E-state index >= 15 is 0 Å². The summed E-state index contributed by atoms with van der Waals surface area (Å²) in [4.78, 5) is 131. The number of aliphatic carboxylic acids is 1. The van der Waals surface area contributed by atoms with Crippen LogP contribution in [-0.2, 0) is 54.4 Å². The molecule has 1 saturated heterocycles. The standard InChI is InChI=1S/C46H76N12O14/c1-5-25(2)37(45(70)54-32(12-7-9-19-48)41(66)53-31(11-6-8-18-47)42(67)57-35(24-60)46(71)72)58-44(69)34(23-59)56-43(68)33(21-28-14-16-29(61)17-15-28)55-39(64)27(4)51-36(62)22-50-38(63)26(3)52-40(65)30-13-10-20-49-30/h14-17,25-27,30-35,37,49,59-61H,5-13,18-24,47-48H2,1-4H3,(H,50,63)(H,51,62)(H,52,65)(H,53,66)(H,54,70)(H,55,64)(H,56,68)(H,57,67)(H,58,69)(H,71,72)/t25-,26-,27-,30-,31-,32-,33-,34-,35-,37-/m0/s1. The SMILES string of the molecule is CC[C@H](C)[C@H](NC(=O)[C@H](CO)NC(=O)[C@H](Cc1ccc(O)cc1)NC(=O)[C@H](C)NC(=O)CNC(=O)[C@H](C)NC(=O)[C@@H]1CCCN1)C(=O)N[C@@H](CCCCN)C(=O)N[C@@H](CCCCN)C(=O)N[C@@H](CO)C(=O)O. The summed E-state index contributed by atoms with van der Waals surface area (Å²) in [6.07, 6.45) is 3.21. The number of benzene rings is 1. The molecule has 0 saturated carbocycles. The summed E-state index contributed by atoms with van der Waals surface area (Å²) < 4.78 is 0. The molecule has 1 aromatic carbocycles. The maximum absolute atomic E-state index is 14.0. The summed E-state index contributed by atoms with van der Waals surface area (Å²) in [7, 11) is 0. The van der Waals surface area contributed by atoms with E-state index in [1.165, 1.54) is 38.1 Å². The zero-order valence-corrected chi connectivity index (χ0v) is 41.4. The number of nitrogens with one attached hydrogen (secondary N) is 10. The number of aromatic hydroxyl groups is 1. The highest BCUT2D eigenvalue weighted by molar-refractivity contribution is 5.98. The van der Waals surface area contributed by atoms with Crippen LogP contribution in [0, 0.1) is 5.92 Å². The minimum Gasteiger partial charge on any atom is -0.508 e. The lowest BCUT2D eigenvalue weighted by Gasteiger charge is -2.29. The molecule has 18 N–H and O–H groups in total. The summed E-state index contributed by atoms with van der Waals surface area (Å²) in [6.45, 7) is 4.85. The molecule has 0 unspecified atom stereocenters. The van der Waals surface area contributed by atoms with Crippen molar-refractivity contribution < 1.29 is 68.4 Å². The first-order valence-corrected chi connectivity index (χ1v) is 24.2. The molecule has 9 amide bonds. The average molecular weight is 1020 g/mol. The number of aliphatic hydroxyl groups is 2. The molecule has 0 spiro atoms. The quantitative estimate of drug-likeness (QED) is 0.0294. The predicted octanol–water partition coefficient (Wildman–Crippen LogP) is -4.91. The van der Waals surface area contributed by atoms with Crippen LogP contribution in [0.5, 0.6) is 5.75 Å². The van der Waals surface area contributed by atoms with Crippen molar-refractivity contribution in [2.45, 2.75) is 146 Å². The maximum Gasteiger partial charge on any atom is 0.328 e. The minimum absolute atomic E-state index is 0.0303. The number of nitrogens with two attached hydrogens (primary N) is 2. The van der Waals surface area contributed by atoms with Crippen LogP contribution in [0.15, 0.2) is 24.3 Å². The number of hydrogen-bond donors (Lipinski definition) is 16. The molecule has 0 bridgehead atoms. The fraction of sp³-hybridized carbons (Fsp3) is 0.652. The van der Waals surface area contributed by atoms with Gasteiger partial charge in [0.05, 0.1) is 25.8 Å². The molecule has 2 rings (SSSR count).